The highest BCUT2D eigenvalue weighted by molar-refractivity contribution is 5.31. The Morgan fingerprint density at radius 3 is 2.43 bits per heavy atom. The SMILES string of the molecule is CCNC(Cc1cc(C)ccc1C)Cc1ccccc1F. The van der Waals surface area contributed by atoms with Crippen LogP contribution in [0.25, 0.3) is 0 Å². The summed E-state index contributed by atoms with van der Waals surface area (Å²) in [6, 6.07) is 13.9. The molecule has 0 saturated carbocycles. The normalized spacial score (nSPS) is 12.4. The van der Waals surface area contributed by atoms with Crippen molar-refractivity contribution in [1.29, 1.82) is 0 Å². The van der Waals surface area contributed by atoms with Gasteiger partial charge in [-0.2, -0.15) is 0 Å². The van der Waals surface area contributed by atoms with Crippen LogP contribution in [0.5, 0.6) is 0 Å². The standard InChI is InChI=1S/C19H24FN/c1-4-21-18(12-16-7-5-6-8-19(16)20)13-17-11-14(2)9-10-15(17)3/h5-11,18,21H,4,12-13H2,1-3H3. The van der Waals surface area contributed by atoms with Crippen LogP contribution in [0.2, 0.25) is 0 Å². The fourth-order valence-corrected chi connectivity index (χ4v) is 2.72. The summed E-state index contributed by atoms with van der Waals surface area (Å²) in [6.45, 7) is 7.24. The van der Waals surface area contributed by atoms with Crippen molar-refractivity contribution >= 4 is 0 Å². The van der Waals surface area contributed by atoms with Crippen molar-refractivity contribution in [2.45, 2.75) is 39.7 Å². The highest BCUT2D eigenvalue weighted by Crippen LogP contribution is 2.16. The molecular formula is C19H24FN. The molecule has 0 saturated heterocycles. The highest BCUT2D eigenvalue weighted by atomic mass is 19.1. The molecule has 2 aromatic carbocycles. The molecule has 1 atom stereocenters. The van der Waals surface area contributed by atoms with E-state index in [4.69, 9.17) is 0 Å². The van der Waals surface area contributed by atoms with Crippen LogP contribution in [0.4, 0.5) is 4.39 Å². The van der Waals surface area contributed by atoms with Gasteiger partial charge in [-0.05, 0) is 56.0 Å². The van der Waals surface area contributed by atoms with E-state index >= 15 is 0 Å². The minimum Gasteiger partial charge on any atom is -0.314 e. The second-order valence-corrected chi connectivity index (χ2v) is 5.68. The Morgan fingerprint density at radius 1 is 1.00 bits per heavy atom. The average Bonchev–Trinajstić information content (AvgIpc) is 2.45. The molecule has 0 spiro atoms. The zero-order valence-corrected chi connectivity index (χ0v) is 13.1. The van der Waals surface area contributed by atoms with E-state index in [-0.39, 0.29) is 11.9 Å². The molecule has 0 aliphatic rings. The van der Waals surface area contributed by atoms with Gasteiger partial charge in [0.15, 0.2) is 0 Å². The molecule has 0 fully saturated rings. The minimum absolute atomic E-state index is 0.110. The summed E-state index contributed by atoms with van der Waals surface area (Å²) < 4.78 is 13.8. The largest absolute Gasteiger partial charge is 0.314 e. The third-order valence-electron chi connectivity index (χ3n) is 3.89. The van der Waals surface area contributed by atoms with Gasteiger partial charge in [0, 0.05) is 6.04 Å². The van der Waals surface area contributed by atoms with Crippen molar-refractivity contribution < 1.29 is 4.39 Å². The summed E-state index contributed by atoms with van der Waals surface area (Å²) in [7, 11) is 0. The lowest BCUT2D eigenvalue weighted by Gasteiger charge is -2.20. The zero-order chi connectivity index (χ0) is 15.2. The third kappa shape index (κ3) is 4.40. The number of rotatable bonds is 6. The summed E-state index contributed by atoms with van der Waals surface area (Å²) in [5, 5.41) is 3.49. The number of hydrogen-bond acceptors (Lipinski definition) is 1. The Morgan fingerprint density at radius 2 is 1.71 bits per heavy atom. The second-order valence-electron chi connectivity index (χ2n) is 5.68. The van der Waals surface area contributed by atoms with Crippen LogP contribution in [0, 0.1) is 19.7 Å². The van der Waals surface area contributed by atoms with Crippen LogP contribution in [0.15, 0.2) is 42.5 Å². The predicted octanol–water partition coefficient (Wildman–Crippen LogP) is 4.21. The van der Waals surface area contributed by atoms with Crippen LogP contribution in [-0.2, 0) is 12.8 Å². The molecule has 0 aliphatic carbocycles. The van der Waals surface area contributed by atoms with E-state index in [9.17, 15) is 4.39 Å². The van der Waals surface area contributed by atoms with Gasteiger partial charge in [-0.3, -0.25) is 0 Å². The van der Waals surface area contributed by atoms with Crippen LogP contribution in [0.1, 0.15) is 29.2 Å². The lowest BCUT2D eigenvalue weighted by atomic mass is 9.95. The molecule has 1 N–H and O–H groups in total. The van der Waals surface area contributed by atoms with Gasteiger partial charge in [-0.25, -0.2) is 4.39 Å². The van der Waals surface area contributed by atoms with Gasteiger partial charge in [-0.15, -0.1) is 0 Å². The second kappa shape index (κ2) is 7.37. The molecule has 1 nitrogen and oxygen atoms in total. The summed E-state index contributed by atoms with van der Waals surface area (Å²) in [5.41, 5.74) is 4.71. The molecule has 112 valence electrons. The molecule has 0 radical (unpaired) electrons. The Kier molecular flexibility index (Phi) is 5.51. The van der Waals surface area contributed by atoms with Gasteiger partial charge < -0.3 is 5.32 Å². The van der Waals surface area contributed by atoms with Gasteiger partial charge in [0.2, 0.25) is 0 Å². The first-order valence-corrected chi connectivity index (χ1v) is 7.63. The van der Waals surface area contributed by atoms with Crippen LogP contribution in [0.3, 0.4) is 0 Å². The number of nitrogens with one attached hydrogen (secondary N) is 1. The summed E-state index contributed by atoms with van der Waals surface area (Å²) >= 11 is 0. The van der Waals surface area contributed by atoms with Gasteiger partial charge in [0.25, 0.3) is 0 Å². The number of aryl methyl sites for hydroxylation is 2. The smallest absolute Gasteiger partial charge is 0.126 e. The Bertz CT molecular complexity index is 592. The van der Waals surface area contributed by atoms with E-state index in [1.807, 2.05) is 12.1 Å². The maximum absolute atomic E-state index is 13.8. The maximum atomic E-state index is 13.8. The topological polar surface area (TPSA) is 12.0 Å². The lowest BCUT2D eigenvalue weighted by molar-refractivity contribution is 0.505. The van der Waals surface area contributed by atoms with Crippen molar-refractivity contribution in [1.82, 2.24) is 5.32 Å². The molecule has 0 bridgehead atoms. The van der Waals surface area contributed by atoms with E-state index in [1.165, 1.54) is 22.8 Å². The van der Waals surface area contributed by atoms with Crippen LogP contribution < -0.4 is 5.32 Å². The Hall–Kier alpha value is -1.67. The lowest BCUT2D eigenvalue weighted by Crippen LogP contribution is -2.33. The first-order valence-electron chi connectivity index (χ1n) is 7.63. The first-order chi connectivity index (χ1) is 10.1. The zero-order valence-electron chi connectivity index (χ0n) is 13.1. The fourth-order valence-electron chi connectivity index (χ4n) is 2.72. The van der Waals surface area contributed by atoms with Gasteiger partial charge in [0.1, 0.15) is 5.82 Å². The Labute approximate surface area is 127 Å². The van der Waals surface area contributed by atoms with Crippen molar-refractivity contribution in [3.8, 4) is 0 Å². The molecule has 0 aromatic heterocycles. The summed E-state index contributed by atoms with van der Waals surface area (Å²) in [4.78, 5) is 0. The number of hydrogen-bond donors (Lipinski definition) is 1. The molecule has 0 heterocycles. The van der Waals surface area contributed by atoms with Gasteiger partial charge in [0.05, 0.1) is 0 Å². The first kappa shape index (κ1) is 15.7. The number of halogens is 1. The highest BCUT2D eigenvalue weighted by Gasteiger charge is 2.13. The van der Waals surface area contributed by atoms with E-state index in [0.717, 1.165) is 18.5 Å². The predicted molar refractivity (Wildman–Crippen MR) is 87.2 cm³/mol. The molecule has 2 rings (SSSR count). The van der Waals surface area contributed by atoms with Crippen molar-refractivity contribution in [2.75, 3.05) is 6.54 Å². The summed E-state index contributed by atoms with van der Waals surface area (Å²) in [5.74, 6) is -0.110. The van der Waals surface area contributed by atoms with Crippen LogP contribution in [-0.4, -0.2) is 12.6 Å². The fraction of sp³-hybridized carbons (Fsp3) is 0.368. The van der Waals surface area contributed by atoms with E-state index in [0.29, 0.717) is 6.42 Å². The quantitative estimate of drug-likeness (QED) is 0.838. The molecule has 1 unspecified atom stereocenters. The van der Waals surface area contributed by atoms with Gasteiger partial charge in [-0.1, -0.05) is 48.9 Å². The van der Waals surface area contributed by atoms with Crippen molar-refractivity contribution in [2.24, 2.45) is 0 Å². The summed E-state index contributed by atoms with van der Waals surface area (Å²) in [6.07, 6.45) is 1.64. The molecule has 21 heavy (non-hydrogen) atoms. The van der Waals surface area contributed by atoms with Gasteiger partial charge >= 0.3 is 0 Å². The molecule has 2 heteroatoms. The Balaban J connectivity index is 2.16. The monoisotopic (exact) mass is 285 g/mol. The van der Waals surface area contributed by atoms with E-state index in [2.05, 4.69) is 44.3 Å². The number of likely N-dealkylation sites (N-methyl/N-ethyl adjacent to an activating group) is 1. The average molecular weight is 285 g/mol. The van der Waals surface area contributed by atoms with Crippen molar-refractivity contribution in [3.63, 3.8) is 0 Å². The molecular weight excluding hydrogens is 261 g/mol. The number of benzene rings is 2. The van der Waals surface area contributed by atoms with Crippen LogP contribution >= 0.6 is 0 Å². The van der Waals surface area contributed by atoms with E-state index in [1.54, 1.807) is 6.07 Å². The van der Waals surface area contributed by atoms with E-state index < -0.39 is 0 Å². The maximum Gasteiger partial charge on any atom is 0.126 e. The molecule has 0 aliphatic heterocycles. The van der Waals surface area contributed by atoms with Crippen molar-refractivity contribution in [3.05, 3.63) is 70.5 Å². The molecule has 0 amide bonds. The third-order valence-corrected chi connectivity index (χ3v) is 3.89. The molecule has 2 aromatic rings. The minimum atomic E-state index is -0.110.